The number of thioether (sulfide) groups is 1. The highest BCUT2D eigenvalue weighted by Gasteiger charge is 2.19. The number of nitrogen functional groups attached to an aromatic ring is 1. The molecule has 3 aromatic rings. The molecular weight excluding hydrogens is 523 g/mol. The number of rotatable bonds is 10. The Kier molecular flexibility index (Phi) is 8.92. The maximum Gasteiger partial charge on any atom is 0.224 e. The number of amides is 1. The summed E-state index contributed by atoms with van der Waals surface area (Å²) in [6.45, 7) is 1.93. The van der Waals surface area contributed by atoms with E-state index in [0.29, 0.717) is 20.4 Å². The SMILES string of the molecule is CSc1sc(C(=N)N)cc1S(=O)c1cccc(-c2c(C)cccc2NC(=O)CCCS(C)(=O)=O)c1. The normalized spacial score (nSPS) is 12.3. The van der Waals surface area contributed by atoms with Gasteiger partial charge in [-0.2, -0.15) is 0 Å². The van der Waals surface area contributed by atoms with Crippen molar-refractivity contribution in [3.8, 4) is 11.1 Å². The summed E-state index contributed by atoms with van der Waals surface area (Å²) in [7, 11) is -4.60. The third-order valence-corrected chi connectivity index (χ3v) is 10.1. The van der Waals surface area contributed by atoms with E-state index in [1.165, 1.54) is 23.1 Å². The predicted octanol–water partition coefficient (Wildman–Crippen LogP) is 4.66. The van der Waals surface area contributed by atoms with Crippen LogP contribution in [0.2, 0.25) is 0 Å². The summed E-state index contributed by atoms with van der Waals surface area (Å²) in [6.07, 6.45) is 3.39. The molecule has 1 heterocycles. The minimum atomic E-state index is -3.12. The number of sulfone groups is 1. The van der Waals surface area contributed by atoms with Crippen LogP contribution in [0.15, 0.2) is 62.5 Å². The molecule has 7 nitrogen and oxygen atoms in total. The fourth-order valence-electron chi connectivity index (χ4n) is 3.52. The molecule has 11 heteroatoms. The highest BCUT2D eigenvalue weighted by molar-refractivity contribution is 8.01. The third-order valence-electron chi connectivity index (χ3n) is 5.12. The monoisotopic (exact) mass is 549 g/mol. The fraction of sp³-hybridized carbons (Fsp3) is 0.250. The summed E-state index contributed by atoms with van der Waals surface area (Å²) in [5, 5.41) is 10.6. The minimum Gasteiger partial charge on any atom is -0.383 e. The fourth-order valence-corrected chi connectivity index (χ4v) is 7.67. The first kappa shape index (κ1) is 27.1. The molecular formula is C24H27N3O4S4. The average molecular weight is 550 g/mol. The number of carbonyl (C=O) groups excluding carboxylic acids is 1. The van der Waals surface area contributed by atoms with E-state index in [-0.39, 0.29) is 30.3 Å². The van der Waals surface area contributed by atoms with Crippen LogP contribution < -0.4 is 11.1 Å². The Labute approximate surface area is 216 Å². The molecule has 1 atom stereocenters. The molecule has 0 aliphatic heterocycles. The van der Waals surface area contributed by atoms with Crippen LogP contribution in [0, 0.1) is 12.3 Å². The molecule has 0 saturated carbocycles. The smallest absolute Gasteiger partial charge is 0.224 e. The van der Waals surface area contributed by atoms with E-state index in [0.717, 1.165) is 27.2 Å². The van der Waals surface area contributed by atoms with Gasteiger partial charge in [0.05, 0.1) is 30.5 Å². The Morgan fingerprint density at radius 2 is 1.91 bits per heavy atom. The van der Waals surface area contributed by atoms with Crippen LogP contribution in [0.5, 0.6) is 0 Å². The van der Waals surface area contributed by atoms with E-state index in [1.807, 2.05) is 43.5 Å². The summed E-state index contributed by atoms with van der Waals surface area (Å²) >= 11 is 2.81. The summed E-state index contributed by atoms with van der Waals surface area (Å²) in [6, 6.07) is 14.6. The summed E-state index contributed by atoms with van der Waals surface area (Å²) < 4.78 is 37.0. The zero-order chi connectivity index (χ0) is 25.8. The largest absolute Gasteiger partial charge is 0.383 e. The van der Waals surface area contributed by atoms with Gasteiger partial charge in [-0.15, -0.1) is 23.1 Å². The van der Waals surface area contributed by atoms with Gasteiger partial charge in [-0.3, -0.25) is 10.2 Å². The van der Waals surface area contributed by atoms with Gasteiger partial charge in [0.15, 0.2) is 0 Å². The van der Waals surface area contributed by atoms with Gasteiger partial charge in [-0.25, -0.2) is 12.6 Å². The van der Waals surface area contributed by atoms with Crippen LogP contribution in [0.1, 0.15) is 23.3 Å². The highest BCUT2D eigenvalue weighted by atomic mass is 32.2. The molecule has 2 aromatic carbocycles. The predicted molar refractivity (Wildman–Crippen MR) is 146 cm³/mol. The van der Waals surface area contributed by atoms with Crippen molar-refractivity contribution in [3.63, 3.8) is 0 Å². The number of carbonyl (C=O) groups is 1. The number of amidine groups is 1. The van der Waals surface area contributed by atoms with E-state index < -0.39 is 20.6 Å². The van der Waals surface area contributed by atoms with Gasteiger partial charge in [0, 0.05) is 28.8 Å². The summed E-state index contributed by atoms with van der Waals surface area (Å²) in [4.78, 5) is 14.3. The molecule has 4 N–H and O–H groups in total. The van der Waals surface area contributed by atoms with Crippen molar-refractivity contribution in [3.05, 3.63) is 59.0 Å². The lowest BCUT2D eigenvalue weighted by Crippen LogP contribution is -2.14. The van der Waals surface area contributed by atoms with Crippen LogP contribution >= 0.6 is 23.1 Å². The van der Waals surface area contributed by atoms with E-state index in [9.17, 15) is 17.4 Å². The number of aryl methyl sites for hydroxylation is 1. The first-order valence-corrected chi connectivity index (χ1v) is 15.9. The standard InChI is InChI=1S/C24H27N3O4S4/c1-15-7-4-10-18(27-21(28)11-6-12-35(3,30)31)22(15)16-8-5-9-17(13-16)34(29)20-14-19(23(25)26)33-24(20)32-2/h4-5,7-10,13-14H,6,11-12H2,1-3H3,(H3,25,26)(H,27,28). The quantitative estimate of drug-likeness (QED) is 0.192. The third kappa shape index (κ3) is 7.03. The molecule has 0 saturated heterocycles. The van der Waals surface area contributed by atoms with Crippen molar-refractivity contribution in [1.82, 2.24) is 0 Å². The van der Waals surface area contributed by atoms with E-state index >= 15 is 0 Å². The zero-order valence-corrected chi connectivity index (χ0v) is 22.8. The number of benzene rings is 2. The van der Waals surface area contributed by atoms with Gasteiger partial charge in [-0.05, 0) is 55.0 Å². The molecule has 1 amide bonds. The lowest BCUT2D eigenvalue weighted by molar-refractivity contribution is -0.116. The molecule has 0 radical (unpaired) electrons. The topological polar surface area (TPSA) is 130 Å². The first-order chi connectivity index (χ1) is 16.5. The lowest BCUT2D eigenvalue weighted by atomic mass is 9.98. The minimum absolute atomic E-state index is 0.0408. The Bertz CT molecular complexity index is 1400. The van der Waals surface area contributed by atoms with Gasteiger partial charge >= 0.3 is 0 Å². The number of hydrogen-bond acceptors (Lipinski definition) is 7. The second kappa shape index (κ2) is 11.5. The summed E-state index contributed by atoms with van der Waals surface area (Å²) in [5.74, 6) is -0.361. The molecule has 0 aliphatic carbocycles. The second-order valence-electron chi connectivity index (χ2n) is 7.96. The van der Waals surface area contributed by atoms with E-state index in [4.69, 9.17) is 11.1 Å². The molecule has 3 rings (SSSR count). The molecule has 35 heavy (non-hydrogen) atoms. The molecule has 1 aromatic heterocycles. The number of nitrogens with one attached hydrogen (secondary N) is 2. The Morgan fingerprint density at radius 3 is 2.57 bits per heavy atom. The van der Waals surface area contributed by atoms with Gasteiger partial charge < -0.3 is 11.1 Å². The Hall–Kier alpha value is -2.47. The first-order valence-electron chi connectivity index (χ1n) is 10.6. The van der Waals surface area contributed by atoms with Gasteiger partial charge in [-0.1, -0.05) is 24.3 Å². The van der Waals surface area contributed by atoms with Crippen molar-refractivity contribution in [2.24, 2.45) is 5.73 Å². The van der Waals surface area contributed by atoms with Crippen molar-refractivity contribution >= 4 is 61.2 Å². The molecule has 0 bridgehead atoms. The van der Waals surface area contributed by atoms with Crippen LogP contribution in [-0.4, -0.2) is 42.6 Å². The van der Waals surface area contributed by atoms with Crippen LogP contribution in [0.3, 0.4) is 0 Å². The van der Waals surface area contributed by atoms with Crippen molar-refractivity contribution in [1.29, 1.82) is 5.41 Å². The maximum atomic E-state index is 13.5. The number of nitrogens with two attached hydrogens (primary N) is 1. The molecule has 0 fully saturated rings. The van der Waals surface area contributed by atoms with Crippen molar-refractivity contribution < 1.29 is 17.4 Å². The number of anilines is 1. The molecule has 0 aliphatic rings. The van der Waals surface area contributed by atoms with Gasteiger partial charge in [0.1, 0.15) is 15.7 Å². The van der Waals surface area contributed by atoms with E-state index in [1.54, 1.807) is 18.2 Å². The van der Waals surface area contributed by atoms with Gasteiger partial charge in [0.2, 0.25) is 5.91 Å². The maximum absolute atomic E-state index is 13.5. The number of hydrogen-bond donors (Lipinski definition) is 3. The second-order valence-corrected chi connectivity index (χ2v) is 13.8. The lowest BCUT2D eigenvalue weighted by Gasteiger charge is -2.15. The summed E-state index contributed by atoms with van der Waals surface area (Å²) in [5.41, 5.74) is 8.78. The highest BCUT2D eigenvalue weighted by Crippen LogP contribution is 2.37. The van der Waals surface area contributed by atoms with Crippen LogP contribution in [0.4, 0.5) is 5.69 Å². The van der Waals surface area contributed by atoms with E-state index in [2.05, 4.69) is 5.32 Å². The van der Waals surface area contributed by atoms with Crippen molar-refractivity contribution in [2.75, 3.05) is 23.6 Å². The number of thiophene rings is 1. The molecule has 186 valence electrons. The Balaban J connectivity index is 1.92. The van der Waals surface area contributed by atoms with Crippen LogP contribution in [0.25, 0.3) is 11.1 Å². The Morgan fingerprint density at radius 1 is 1.20 bits per heavy atom. The van der Waals surface area contributed by atoms with Crippen molar-refractivity contribution in [2.45, 2.75) is 33.8 Å². The average Bonchev–Trinajstić information content (AvgIpc) is 3.23. The van der Waals surface area contributed by atoms with Gasteiger partial charge in [0.25, 0.3) is 0 Å². The molecule has 0 spiro atoms. The molecule has 1 unspecified atom stereocenters. The zero-order valence-electron chi connectivity index (χ0n) is 19.6. The van der Waals surface area contributed by atoms with Crippen LogP contribution in [-0.2, 0) is 25.4 Å².